The van der Waals surface area contributed by atoms with E-state index in [0.717, 1.165) is 24.2 Å². The minimum absolute atomic E-state index is 0.507. The minimum Gasteiger partial charge on any atom is -0.383 e. The number of hydrogen-bond acceptors (Lipinski definition) is 5. The summed E-state index contributed by atoms with van der Waals surface area (Å²) in [6.07, 6.45) is 7.14. The number of aromatic nitrogens is 2. The normalized spacial score (nSPS) is 17.3. The zero-order chi connectivity index (χ0) is 14.4. The van der Waals surface area contributed by atoms with Crippen molar-refractivity contribution in [1.29, 1.82) is 0 Å². The SMILES string of the molecule is CCCc1c(N)ncnc1NC1CCN(CCC)CC1. The van der Waals surface area contributed by atoms with Gasteiger partial charge in [-0.1, -0.05) is 20.3 Å². The fraction of sp³-hybridized carbons (Fsp3) is 0.733. The van der Waals surface area contributed by atoms with E-state index in [-0.39, 0.29) is 0 Å². The van der Waals surface area contributed by atoms with E-state index < -0.39 is 0 Å². The van der Waals surface area contributed by atoms with Gasteiger partial charge in [0.1, 0.15) is 18.0 Å². The maximum Gasteiger partial charge on any atom is 0.134 e. The maximum absolute atomic E-state index is 5.97. The second-order valence-electron chi connectivity index (χ2n) is 5.60. The number of piperidine rings is 1. The standard InChI is InChI=1S/C15H27N5/c1-3-5-13-14(16)17-11-18-15(13)19-12-6-9-20(8-4-2)10-7-12/h11-12H,3-10H2,1-2H3,(H3,16,17,18,19). The summed E-state index contributed by atoms with van der Waals surface area (Å²) >= 11 is 0. The number of nitrogens with one attached hydrogen (secondary N) is 1. The Kier molecular flexibility index (Phi) is 5.59. The molecule has 3 N–H and O–H groups in total. The molecule has 0 spiro atoms. The Labute approximate surface area is 122 Å². The van der Waals surface area contributed by atoms with Crippen LogP contribution in [0.3, 0.4) is 0 Å². The van der Waals surface area contributed by atoms with Gasteiger partial charge in [0.25, 0.3) is 0 Å². The Hall–Kier alpha value is -1.36. The summed E-state index contributed by atoms with van der Waals surface area (Å²) in [7, 11) is 0. The Morgan fingerprint density at radius 1 is 1.25 bits per heavy atom. The summed E-state index contributed by atoms with van der Waals surface area (Å²) in [5, 5.41) is 3.58. The molecule has 0 saturated carbocycles. The first kappa shape index (κ1) is 15.0. The van der Waals surface area contributed by atoms with Gasteiger partial charge in [0, 0.05) is 24.7 Å². The highest BCUT2D eigenvalue weighted by molar-refractivity contribution is 5.55. The molecule has 1 aliphatic rings. The molecular weight excluding hydrogens is 250 g/mol. The molecule has 0 bridgehead atoms. The van der Waals surface area contributed by atoms with Crippen LogP contribution in [0, 0.1) is 0 Å². The van der Waals surface area contributed by atoms with Crippen LogP contribution in [0.1, 0.15) is 45.1 Å². The molecule has 0 radical (unpaired) electrons. The van der Waals surface area contributed by atoms with Crippen molar-refractivity contribution >= 4 is 11.6 Å². The van der Waals surface area contributed by atoms with Crippen molar-refractivity contribution in [2.45, 2.75) is 52.0 Å². The van der Waals surface area contributed by atoms with Crippen molar-refractivity contribution in [3.05, 3.63) is 11.9 Å². The lowest BCUT2D eigenvalue weighted by Crippen LogP contribution is -2.39. The first-order chi connectivity index (χ1) is 9.74. The van der Waals surface area contributed by atoms with E-state index in [1.54, 1.807) is 6.33 Å². The molecule has 1 aliphatic heterocycles. The molecule has 0 aliphatic carbocycles. The third-order valence-corrected chi connectivity index (χ3v) is 3.95. The van der Waals surface area contributed by atoms with Crippen LogP contribution in [0.4, 0.5) is 11.6 Å². The molecule has 1 aromatic heterocycles. The summed E-state index contributed by atoms with van der Waals surface area (Å²) in [5.41, 5.74) is 7.05. The predicted octanol–water partition coefficient (Wildman–Crippen LogP) is 2.30. The summed E-state index contributed by atoms with van der Waals surface area (Å²) in [5.74, 6) is 1.56. The molecule has 20 heavy (non-hydrogen) atoms. The van der Waals surface area contributed by atoms with E-state index in [1.165, 1.54) is 38.9 Å². The molecule has 112 valence electrons. The second-order valence-corrected chi connectivity index (χ2v) is 5.60. The lowest BCUT2D eigenvalue weighted by molar-refractivity contribution is 0.219. The molecule has 1 aromatic rings. The highest BCUT2D eigenvalue weighted by atomic mass is 15.1. The van der Waals surface area contributed by atoms with E-state index in [0.29, 0.717) is 11.9 Å². The van der Waals surface area contributed by atoms with Gasteiger partial charge < -0.3 is 16.0 Å². The van der Waals surface area contributed by atoms with E-state index >= 15 is 0 Å². The molecule has 0 amide bonds. The van der Waals surface area contributed by atoms with Gasteiger partial charge >= 0.3 is 0 Å². The van der Waals surface area contributed by atoms with Gasteiger partial charge in [0.2, 0.25) is 0 Å². The zero-order valence-electron chi connectivity index (χ0n) is 12.7. The number of anilines is 2. The highest BCUT2D eigenvalue weighted by Gasteiger charge is 2.20. The maximum atomic E-state index is 5.97. The lowest BCUT2D eigenvalue weighted by Gasteiger charge is -2.32. The topological polar surface area (TPSA) is 67.1 Å². The first-order valence-corrected chi connectivity index (χ1v) is 7.82. The van der Waals surface area contributed by atoms with Gasteiger partial charge in [-0.05, 0) is 32.2 Å². The van der Waals surface area contributed by atoms with Crippen LogP contribution in [0.2, 0.25) is 0 Å². The molecular formula is C15H27N5. The lowest BCUT2D eigenvalue weighted by atomic mass is 10.0. The van der Waals surface area contributed by atoms with Crippen LogP contribution in [0.5, 0.6) is 0 Å². The van der Waals surface area contributed by atoms with Gasteiger partial charge in [-0.3, -0.25) is 0 Å². The van der Waals surface area contributed by atoms with Crippen LogP contribution in [-0.2, 0) is 6.42 Å². The first-order valence-electron chi connectivity index (χ1n) is 7.82. The zero-order valence-corrected chi connectivity index (χ0v) is 12.7. The Morgan fingerprint density at radius 3 is 2.65 bits per heavy atom. The van der Waals surface area contributed by atoms with Gasteiger partial charge in [0.05, 0.1) is 0 Å². The summed E-state index contributed by atoms with van der Waals surface area (Å²) in [6, 6.07) is 0.507. The average molecular weight is 277 g/mol. The number of nitrogens with two attached hydrogens (primary N) is 1. The van der Waals surface area contributed by atoms with Gasteiger partial charge in [-0.2, -0.15) is 0 Å². The highest BCUT2D eigenvalue weighted by Crippen LogP contribution is 2.22. The van der Waals surface area contributed by atoms with Crippen molar-refractivity contribution in [2.75, 3.05) is 30.7 Å². The third-order valence-electron chi connectivity index (χ3n) is 3.95. The number of nitrogen functional groups attached to an aromatic ring is 1. The largest absolute Gasteiger partial charge is 0.383 e. The Morgan fingerprint density at radius 2 is 2.00 bits per heavy atom. The fourth-order valence-corrected chi connectivity index (χ4v) is 2.86. The second kappa shape index (κ2) is 7.43. The molecule has 5 nitrogen and oxygen atoms in total. The van der Waals surface area contributed by atoms with E-state index in [2.05, 4.69) is 34.0 Å². The Balaban J connectivity index is 1.95. The molecule has 0 atom stereocenters. The van der Waals surface area contributed by atoms with Crippen LogP contribution >= 0.6 is 0 Å². The average Bonchev–Trinajstić information content (AvgIpc) is 2.45. The predicted molar refractivity (Wildman–Crippen MR) is 83.8 cm³/mol. The number of hydrogen-bond donors (Lipinski definition) is 2. The van der Waals surface area contributed by atoms with E-state index in [1.807, 2.05) is 0 Å². The van der Waals surface area contributed by atoms with Crippen molar-refractivity contribution in [3.63, 3.8) is 0 Å². The quantitative estimate of drug-likeness (QED) is 0.835. The number of nitrogens with zero attached hydrogens (tertiary/aromatic N) is 3. The molecule has 1 fully saturated rings. The van der Waals surface area contributed by atoms with Crippen LogP contribution in [-0.4, -0.2) is 40.5 Å². The van der Waals surface area contributed by atoms with Crippen molar-refractivity contribution in [3.8, 4) is 0 Å². The van der Waals surface area contributed by atoms with Crippen molar-refractivity contribution < 1.29 is 0 Å². The van der Waals surface area contributed by atoms with E-state index in [9.17, 15) is 0 Å². The van der Waals surface area contributed by atoms with Gasteiger partial charge in [-0.15, -0.1) is 0 Å². The molecule has 0 aromatic carbocycles. The molecule has 2 rings (SSSR count). The summed E-state index contributed by atoms with van der Waals surface area (Å²) in [6.45, 7) is 7.96. The smallest absolute Gasteiger partial charge is 0.134 e. The number of likely N-dealkylation sites (tertiary alicyclic amines) is 1. The monoisotopic (exact) mass is 277 g/mol. The molecule has 0 unspecified atom stereocenters. The summed E-state index contributed by atoms with van der Waals surface area (Å²) in [4.78, 5) is 11.0. The van der Waals surface area contributed by atoms with Gasteiger partial charge in [0.15, 0.2) is 0 Å². The number of rotatable bonds is 6. The third kappa shape index (κ3) is 3.82. The Bertz CT molecular complexity index is 413. The summed E-state index contributed by atoms with van der Waals surface area (Å²) < 4.78 is 0. The van der Waals surface area contributed by atoms with Gasteiger partial charge in [-0.25, -0.2) is 9.97 Å². The van der Waals surface area contributed by atoms with E-state index in [4.69, 9.17) is 5.73 Å². The molecule has 2 heterocycles. The molecule has 1 saturated heterocycles. The van der Waals surface area contributed by atoms with Crippen LogP contribution < -0.4 is 11.1 Å². The van der Waals surface area contributed by atoms with Crippen molar-refractivity contribution in [2.24, 2.45) is 0 Å². The fourth-order valence-electron chi connectivity index (χ4n) is 2.86. The van der Waals surface area contributed by atoms with Crippen LogP contribution in [0.15, 0.2) is 6.33 Å². The molecule has 5 heteroatoms. The minimum atomic E-state index is 0.507. The van der Waals surface area contributed by atoms with Crippen molar-refractivity contribution in [1.82, 2.24) is 14.9 Å². The van der Waals surface area contributed by atoms with Crippen LogP contribution in [0.25, 0.3) is 0 Å².